The monoisotopic (exact) mass is 202 g/mol. The lowest BCUT2D eigenvalue weighted by atomic mass is 10.1. The van der Waals surface area contributed by atoms with Gasteiger partial charge in [0.25, 0.3) is 0 Å². The van der Waals surface area contributed by atoms with Gasteiger partial charge in [-0.3, -0.25) is 9.78 Å². The molecular weight excluding hydrogens is 195 g/mol. The molecule has 0 bridgehead atoms. The molecule has 3 nitrogen and oxygen atoms in total. The van der Waals surface area contributed by atoms with E-state index in [4.69, 9.17) is 0 Å². The largest absolute Gasteiger partial charge is 0.298 e. The fourth-order valence-electron chi connectivity index (χ4n) is 1.23. The zero-order chi connectivity index (χ0) is 10.7. The van der Waals surface area contributed by atoms with Crippen molar-refractivity contribution in [1.82, 2.24) is 9.97 Å². The van der Waals surface area contributed by atoms with Crippen molar-refractivity contribution in [3.8, 4) is 11.3 Å². The van der Waals surface area contributed by atoms with Crippen LogP contribution in [0.15, 0.2) is 36.7 Å². The average molecular weight is 202 g/mol. The van der Waals surface area contributed by atoms with E-state index in [-0.39, 0.29) is 0 Å². The van der Waals surface area contributed by atoms with E-state index in [1.54, 1.807) is 18.2 Å². The number of carbonyl (C=O) groups is 1. The van der Waals surface area contributed by atoms with Crippen molar-refractivity contribution in [2.45, 2.75) is 0 Å². The summed E-state index contributed by atoms with van der Waals surface area (Å²) >= 11 is 0. The molecule has 2 aromatic heterocycles. The molecule has 0 N–H and O–H groups in total. The molecule has 0 saturated heterocycles. The Kier molecular flexibility index (Phi) is 2.49. The summed E-state index contributed by atoms with van der Waals surface area (Å²) < 4.78 is 12.8. The van der Waals surface area contributed by atoms with Gasteiger partial charge >= 0.3 is 0 Å². The van der Waals surface area contributed by atoms with E-state index in [2.05, 4.69) is 9.97 Å². The molecule has 0 unspecified atom stereocenters. The molecule has 0 spiro atoms. The smallest absolute Gasteiger partial charge is 0.213 e. The first-order chi connectivity index (χ1) is 7.29. The zero-order valence-electron chi connectivity index (χ0n) is 7.72. The molecule has 0 saturated carbocycles. The Morgan fingerprint density at radius 2 is 2.13 bits per heavy atom. The first kappa shape index (κ1) is 9.45. The third-order valence-corrected chi connectivity index (χ3v) is 1.91. The minimum absolute atomic E-state index is 0.443. The molecule has 74 valence electrons. The van der Waals surface area contributed by atoms with Crippen LogP contribution in [0.4, 0.5) is 4.39 Å². The van der Waals surface area contributed by atoms with Crippen molar-refractivity contribution in [3.05, 3.63) is 48.2 Å². The van der Waals surface area contributed by atoms with Crippen LogP contribution in [-0.2, 0) is 0 Å². The quantitative estimate of drug-likeness (QED) is 0.553. The predicted molar refractivity (Wildman–Crippen MR) is 52.8 cm³/mol. The van der Waals surface area contributed by atoms with E-state index in [1.165, 1.54) is 18.5 Å². The molecule has 0 fully saturated rings. The van der Waals surface area contributed by atoms with Gasteiger partial charge in [-0.25, -0.2) is 4.98 Å². The van der Waals surface area contributed by atoms with Gasteiger partial charge in [-0.15, -0.1) is 0 Å². The molecule has 4 heteroatoms. The molecule has 15 heavy (non-hydrogen) atoms. The number of hydrogen-bond donors (Lipinski definition) is 0. The van der Waals surface area contributed by atoms with Crippen LogP contribution in [-0.4, -0.2) is 16.3 Å². The van der Waals surface area contributed by atoms with Crippen molar-refractivity contribution in [1.29, 1.82) is 0 Å². The topological polar surface area (TPSA) is 42.9 Å². The normalized spacial score (nSPS) is 9.93. The second kappa shape index (κ2) is 3.96. The highest BCUT2D eigenvalue weighted by Gasteiger charge is 2.02. The SMILES string of the molecule is O=Cc1cncc(-c2cccc(F)n2)c1. The van der Waals surface area contributed by atoms with E-state index < -0.39 is 5.95 Å². The first-order valence-electron chi connectivity index (χ1n) is 4.33. The Hall–Kier alpha value is -2.10. The number of rotatable bonds is 2. The maximum atomic E-state index is 12.8. The van der Waals surface area contributed by atoms with Gasteiger partial charge in [-0.1, -0.05) is 6.07 Å². The van der Waals surface area contributed by atoms with Crippen LogP contribution in [0.3, 0.4) is 0 Å². The van der Waals surface area contributed by atoms with Gasteiger partial charge < -0.3 is 0 Å². The summed E-state index contributed by atoms with van der Waals surface area (Å²) in [7, 11) is 0. The zero-order valence-corrected chi connectivity index (χ0v) is 7.72. The van der Waals surface area contributed by atoms with Gasteiger partial charge in [0.05, 0.1) is 5.69 Å². The summed E-state index contributed by atoms with van der Waals surface area (Å²) in [6.07, 6.45) is 3.67. The molecule has 0 radical (unpaired) electrons. The molecule has 2 aromatic rings. The summed E-state index contributed by atoms with van der Waals surface area (Å²) in [5.74, 6) is -0.552. The summed E-state index contributed by atoms with van der Waals surface area (Å²) in [6, 6.07) is 6.10. The maximum Gasteiger partial charge on any atom is 0.213 e. The molecule has 0 aliphatic heterocycles. The van der Waals surface area contributed by atoms with Crippen LogP contribution in [0.5, 0.6) is 0 Å². The molecule has 0 amide bonds. The van der Waals surface area contributed by atoms with Gasteiger partial charge in [0.1, 0.15) is 0 Å². The standard InChI is InChI=1S/C11H7FN2O/c12-11-3-1-2-10(14-11)9-4-8(7-15)5-13-6-9/h1-7H. The molecular formula is C11H7FN2O. The third-order valence-electron chi connectivity index (χ3n) is 1.91. The molecule has 0 atom stereocenters. The fraction of sp³-hybridized carbons (Fsp3) is 0. The van der Waals surface area contributed by atoms with Crippen LogP contribution in [0.25, 0.3) is 11.3 Å². The average Bonchev–Trinajstić information content (AvgIpc) is 2.29. The highest BCUT2D eigenvalue weighted by molar-refractivity contribution is 5.77. The Morgan fingerprint density at radius 1 is 1.27 bits per heavy atom. The number of pyridine rings is 2. The van der Waals surface area contributed by atoms with Gasteiger partial charge in [0.15, 0.2) is 6.29 Å². The Morgan fingerprint density at radius 3 is 2.87 bits per heavy atom. The van der Waals surface area contributed by atoms with E-state index >= 15 is 0 Å². The minimum Gasteiger partial charge on any atom is -0.298 e. The molecule has 2 rings (SSSR count). The van der Waals surface area contributed by atoms with E-state index in [0.717, 1.165) is 0 Å². The van der Waals surface area contributed by atoms with Crippen molar-refractivity contribution in [3.63, 3.8) is 0 Å². The van der Waals surface area contributed by atoms with Gasteiger partial charge in [0, 0.05) is 23.5 Å². The summed E-state index contributed by atoms with van der Waals surface area (Å²) in [5, 5.41) is 0. The lowest BCUT2D eigenvalue weighted by Gasteiger charge is -2.00. The number of nitrogens with zero attached hydrogens (tertiary/aromatic N) is 2. The number of aldehydes is 1. The number of carbonyl (C=O) groups excluding carboxylic acids is 1. The van der Waals surface area contributed by atoms with E-state index in [9.17, 15) is 9.18 Å². The Labute approximate surface area is 85.6 Å². The van der Waals surface area contributed by atoms with Gasteiger partial charge in [-0.05, 0) is 18.2 Å². The summed E-state index contributed by atoms with van der Waals surface area (Å²) in [5.41, 5.74) is 1.53. The number of halogens is 1. The molecule has 0 aromatic carbocycles. The van der Waals surface area contributed by atoms with Crippen LogP contribution in [0.1, 0.15) is 10.4 Å². The highest BCUT2D eigenvalue weighted by atomic mass is 19.1. The number of hydrogen-bond acceptors (Lipinski definition) is 3. The molecule has 2 heterocycles. The molecule has 0 aliphatic rings. The highest BCUT2D eigenvalue weighted by Crippen LogP contribution is 2.16. The third kappa shape index (κ3) is 2.04. The van der Waals surface area contributed by atoms with Crippen LogP contribution < -0.4 is 0 Å². The van der Waals surface area contributed by atoms with E-state index in [0.29, 0.717) is 23.1 Å². The Balaban J connectivity index is 2.49. The van der Waals surface area contributed by atoms with Crippen molar-refractivity contribution in [2.24, 2.45) is 0 Å². The first-order valence-corrected chi connectivity index (χ1v) is 4.33. The van der Waals surface area contributed by atoms with Gasteiger partial charge in [-0.2, -0.15) is 4.39 Å². The van der Waals surface area contributed by atoms with Crippen LogP contribution >= 0.6 is 0 Å². The predicted octanol–water partition coefficient (Wildman–Crippen LogP) is 2.10. The van der Waals surface area contributed by atoms with E-state index in [1.807, 2.05) is 0 Å². The second-order valence-electron chi connectivity index (χ2n) is 2.97. The van der Waals surface area contributed by atoms with Crippen LogP contribution in [0, 0.1) is 5.95 Å². The maximum absolute atomic E-state index is 12.8. The summed E-state index contributed by atoms with van der Waals surface area (Å²) in [6.45, 7) is 0. The van der Waals surface area contributed by atoms with Crippen molar-refractivity contribution >= 4 is 6.29 Å². The lowest BCUT2D eigenvalue weighted by molar-refractivity contribution is 0.112. The fourth-order valence-corrected chi connectivity index (χ4v) is 1.23. The molecule has 0 aliphatic carbocycles. The van der Waals surface area contributed by atoms with Crippen molar-refractivity contribution in [2.75, 3.05) is 0 Å². The second-order valence-corrected chi connectivity index (χ2v) is 2.97. The summed E-state index contributed by atoms with van der Waals surface area (Å²) in [4.78, 5) is 18.1. The minimum atomic E-state index is -0.552. The Bertz CT molecular complexity index is 499. The van der Waals surface area contributed by atoms with Crippen molar-refractivity contribution < 1.29 is 9.18 Å². The van der Waals surface area contributed by atoms with Crippen LogP contribution in [0.2, 0.25) is 0 Å². The van der Waals surface area contributed by atoms with Gasteiger partial charge in [0.2, 0.25) is 5.95 Å². The number of aromatic nitrogens is 2. The lowest BCUT2D eigenvalue weighted by Crippen LogP contribution is -1.89.